The van der Waals surface area contributed by atoms with Gasteiger partial charge in [-0.05, 0) is 25.5 Å². The average molecular weight is 237 g/mol. The summed E-state index contributed by atoms with van der Waals surface area (Å²) in [6.45, 7) is 8.01. The molecule has 17 heavy (non-hydrogen) atoms. The Hall–Kier alpha value is -1.51. The smallest absolute Gasteiger partial charge is 0.308 e. The number of ether oxygens (including phenoxy) is 1. The maximum atomic E-state index is 10.5. The molecule has 1 aromatic carbocycles. The number of nitrogens with one attached hydrogen (secondary N) is 1. The van der Waals surface area contributed by atoms with Gasteiger partial charge in [0.25, 0.3) is 0 Å². The van der Waals surface area contributed by atoms with Gasteiger partial charge in [-0.25, -0.2) is 0 Å². The lowest BCUT2D eigenvalue weighted by atomic mass is 10.2. The lowest BCUT2D eigenvalue weighted by molar-refractivity contribution is -0.146. The molecule has 0 atom stereocenters. The fourth-order valence-electron chi connectivity index (χ4n) is 1.16. The van der Waals surface area contributed by atoms with Crippen LogP contribution in [0.2, 0.25) is 0 Å². The Kier molecular flexibility index (Phi) is 7.85. The first-order valence-electron chi connectivity index (χ1n) is 5.92. The molecule has 0 fully saturated rings. The summed E-state index contributed by atoms with van der Waals surface area (Å²) in [5.41, 5.74) is 2.50. The van der Waals surface area contributed by atoms with Gasteiger partial charge in [-0.1, -0.05) is 32.0 Å². The van der Waals surface area contributed by atoms with E-state index in [-0.39, 0.29) is 11.9 Å². The first-order valence-corrected chi connectivity index (χ1v) is 5.92. The maximum Gasteiger partial charge on any atom is 0.308 e. The molecule has 96 valence electrons. The van der Waals surface area contributed by atoms with Crippen molar-refractivity contribution in [1.29, 1.82) is 0 Å². The minimum atomic E-state index is -0.118. The van der Waals surface area contributed by atoms with E-state index in [0.717, 1.165) is 0 Å². The van der Waals surface area contributed by atoms with Crippen LogP contribution in [0.4, 0.5) is 5.69 Å². The second kappa shape index (κ2) is 8.62. The first-order chi connectivity index (χ1) is 8.02. The van der Waals surface area contributed by atoms with Gasteiger partial charge in [0.05, 0.1) is 12.5 Å². The Labute approximate surface area is 104 Å². The molecule has 0 amide bonds. The molecule has 1 N–H and O–H groups in total. The topological polar surface area (TPSA) is 38.3 Å². The van der Waals surface area contributed by atoms with Crippen LogP contribution in [0.15, 0.2) is 24.3 Å². The number of aryl methyl sites for hydroxylation is 1. The maximum absolute atomic E-state index is 10.5. The summed E-state index contributed by atoms with van der Waals surface area (Å²) < 4.78 is 4.66. The number of carbonyl (C=O) groups is 1. The van der Waals surface area contributed by atoms with Crippen molar-refractivity contribution >= 4 is 11.7 Å². The molecular formula is C14H23NO2. The van der Waals surface area contributed by atoms with E-state index in [1.54, 1.807) is 6.92 Å². The standard InChI is InChI=1S/C8H11N.C6H12O2/c1-7-5-3-4-6-8(7)9-2;1-4-8-6(7)5(2)3/h3-6,9H,1-2H3;5H,4H2,1-3H3. The van der Waals surface area contributed by atoms with Crippen molar-refractivity contribution in [2.75, 3.05) is 19.0 Å². The van der Waals surface area contributed by atoms with Crippen LogP contribution >= 0.6 is 0 Å². The van der Waals surface area contributed by atoms with Gasteiger partial charge in [-0.2, -0.15) is 0 Å². The van der Waals surface area contributed by atoms with Gasteiger partial charge in [0, 0.05) is 12.7 Å². The molecule has 0 aliphatic heterocycles. The monoisotopic (exact) mass is 237 g/mol. The van der Waals surface area contributed by atoms with E-state index in [4.69, 9.17) is 0 Å². The van der Waals surface area contributed by atoms with Crippen molar-refractivity contribution in [2.24, 2.45) is 5.92 Å². The van der Waals surface area contributed by atoms with Crippen LogP contribution < -0.4 is 5.32 Å². The summed E-state index contributed by atoms with van der Waals surface area (Å²) in [7, 11) is 1.93. The Morgan fingerprint density at radius 3 is 2.24 bits per heavy atom. The Bertz CT molecular complexity index is 335. The predicted molar refractivity (Wildman–Crippen MR) is 72.2 cm³/mol. The minimum absolute atomic E-state index is 0.00921. The van der Waals surface area contributed by atoms with Gasteiger partial charge in [0.2, 0.25) is 0 Å². The van der Waals surface area contributed by atoms with Crippen LogP contribution in [0.5, 0.6) is 0 Å². The van der Waals surface area contributed by atoms with Gasteiger partial charge >= 0.3 is 5.97 Å². The van der Waals surface area contributed by atoms with E-state index >= 15 is 0 Å². The van der Waals surface area contributed by atoms with Crippen molar-refractivity contribution in [3.05, 3.63) is 29.8 Å². The number of hydrogen-bond acceptors (Lipinski definition) is 3. The number of para-hydroxylation sites is 1. The molecule has 0 saturated heterocycles. The third-order valence-electron chi connectivity index (χ3n) is 2.17. The van der Waals surface area contributed by atoms with Crippen molar-refractivity contribution in [1.82, 2.24) is 0 Å². The molecule has 0 aliphatic carbocycles. The SMILES string of the molecule is CCOC(=O)C(C)C.CNc1ccccc1C. The van der Waals surface area contributed by atoms with Crippen LogP contribution in [0.3, 0.4) is 0 Å². The molecule has 3 nitrogen and oxygen atoms in total. The summed E-state index contributed by atoms with van der Waals surface area (Å²) in [5, 5.41) is 3.10. The van der Waals surface area contributed by atoms with Gasteiger partial charge in [-0.15, -0.1) is 0 Å². The summed E-state index contributed by atoms with van der Waals surface area (Å²) in [5.74, 6) is -0.109. The molecular weight excluding hydrogens is 214 g/mol. The Morgan fingerprint density at radius 1 is 1.35 bits per heavy atom. The van der Waals surface area contributed by atoms with Crippen LogP contribution in [0, 0.1) is 12.8 Å². The summed E-state index contributed by atoms with van der Waals surface area (Å²) in [4.78, 5) is 10.5. The second-order valence-electron chi connectivity index (χ2n) is 3.97. The van der Waals surface area contributed by atoms with Gasteiger partial charge in [0.1, 0.15) is 0 Å². The fourth-order valence-corrected chi connectivity index (χ4v) is 1.16. The molecule has 0 spiro atoms. The van der Waals surface area contributed by atoms with E-state index in [1.807, 2.05) is 33.0 Å². The van der Waals surface area contributed by atoms with Gasteiger partial charge in [-0.3, -0.25) is 4.79 Å². The third-order valence-corrected chi connectivity index (χ3v) is 2.17. The number of anilines is 1. The van der Waals surface area contributed by atoms with Crippen molar-refractivity contribution in [3.63, 3.8) is 0 Å². The quantitative estimate of drug-likeness (QED) is 0.820. The highest BCUT2D eigenvalue weighted by Gasteiger charge is 2.04. The molecule has 0 bridgehead atoms. The number of hydrogen-bond donors (Lipinski definition) is 1. The zero-order valence-electron chi connectivity index (χ0n) is 11.4. The molecule has 0 unspecified atom stereocenters. The van der Waals surface area contributed by atoms with Gasteiger partial charge < -0.3 is 10.1 Å². The molecule has 0 heterocycles. The third kappa shape index (κ3) is 6.61. The summed E-state index contributed by atoms with van der Waals surface area (Å²) >= 11 is 0. The summed E-state index contributed by atoms with van der Waals surface area (Å²) in [6, 6.07) is 8.22. The number of benzene rings is 1. The molecule has 0 radical (unpaired) electrons. The van der Waals surface area contributed by atoms with E-state index in [2.05, 4.69) is 29.1 Å². The highest BCUT2D eigenvalue weighted by molar-refractivity contribution is 5.71. The van der Waals surface area contributed by atoms with Crippen LogP contribution in [-0.2, 0) is 9.53 Å². The van der Waals surface area contributed by atoms with E-state index < -0.39 is 0 Å². The molecule has 0 saturated carbocycles. The number of esters is 1. The average Bonchev–Trinajstić information content (AvgIpc) is 2.31. The summed E-state index contributed by atoms with van der Waals surface area (Å²) in [6.07, 6.45) is 0. The zero-order chi connectivity index (χ0) is 13.3. The molecule has 3 heteroatoms. The highest BCUT2D eigenvalue weighted by atomic mass is 16.5. The molecule has 1 rings (SSSR count). The van der Waals surface area contributed by atoms with Crippen molar-refractivity contribution < 1.29 is 9.53 Å². The molecule has 0 aliphatic rings. The van der Waals surface area contributed by atoms with Crippen LogP contribution in [-0.4, -0.2) is 19.6 Å². The highest BCUT2D eigenvalue weighted by Crippen LogP contribution is 2.10. The fraction of sp³-hybridized carbons (Fsp3) is 0.500. The lowest BCUT2D eigenvalue weighted by Crippen LogP contribution is -2.10. The van der Waals surface area contributed by atoms with Crippen molar-refractivity contribution in [2.45, 2.75) is 27.7 Å². The zero-order valence-corrected chi connectivity index (χ0v) is 11.4. The number of rotatable bonds is 3. The van der Waals surface area contributed by atoms with Crippen LogP contribution in [0.1, 0.15) is 26.3 Å². The first kappa shape index (κ1) is 15.5. The normalized spacial score (nSPS) is 9.29. The molecule has 0 aromatic heterocycles. The predicted octanol–water partition coefficient (Wildman–Crippen LogP) is 3.24. The minimum Gasteiger partial charge on any atom is -0.466 e. The molecule has 1 aromatic rings. The number of carbonyl (C=O) groups excluding carboxylic acids is 1. The Balaban J connectivity index is 0.000000304. The van der Waals surface area contributed by atoms with Crippen LogP contribution in [0.25, 0.3) is 0 Å². The van der Waals surface area contributed by atoms with Gasteiger partial charge in [0.15, 0.2) is 0 Å². The van der Waals surface area contributed by atoms with E-state index in [9.17, 15) is 4.79 Å². The Morgan fingerprint density at radius 2 is 1.94 bits per heavy atom. The van der Waals surface area contributed by atoms with E-state index in [0.29, 0.717) is 6.61 Å². The van der Waals surface area contributed by atoms with E-state index in [1.165, 1.54) is 11.3 Å². The largest absolute Gasteiger partial charge is 0.466 e. The lowest BCUT2D eigenvalue weighted by Gasteiger charge is -2.01. The van der Waals surface area contributed by atoms with Crippen molar-refractivity contribution in [3.8, 4) is 0 Å². The second-order valence-corrected chi connectivity index (χ2v) is 3.97.